The Labute approximate surface area is 79.3 Å². The maximum Gasteiger partial charge on any atom is 0.258 e. The highest BCUT2D eigenvalue weighted by molar-refractivity contribution is 5.77. The Morgan fingerprint density at radius 1 is 1.77 bits per heavy atom. The fourth-order valence-electron chi connectivity index (χ4n) is 0.721. The molecule has 0 N–H and O–H groups in total. The van der Waals surface area contributed by atoms with Crippen molar-refractivity contribution in [3.05, 3.63) is 12.7 Å². The van der Waals surface area contributed by atoms with Crippen LogP contribution in [0.5, 0.6) is 0 Å². The third-order valence-corrected chi connectivity index (χ3v) is 1.28. The van der Waals surface area contributed by atoms with Gasteiger partial charge in [0.15, 0.2) is 0 Å². The summed E-state index contributed by atoms with van der Waals surface area (Å²) in [7, 11) is 0. The number of rotatable bonds is 6. The largest absolute Gasteiger partial charge is 0.271 e. The van der Waals surface area contributed by atoms with E-state index in [9.17, 15) is 4.79 Å². The molecule has 0 spiro atoms. The van der Waals surface area contributed by atoms with Crippen LogP contribution < -0.4 is 0 Å². The summed E-state index contributed by atoms with van der Waals surface area (Å²) < 4.78 is 0. The normalized spacial score (nSPS) is 8.92. The molecular weight excluding hydrogens is 166 g/mol. The molecule has 0 unspecified atom stereocenters. The molecule has 3 nitrogen and oxygen atoms in total. The number of hydrogen-bond acceptors (Lipinski definition) is 2. The van der Waals surface area contributed by atoms with Crippen molar-refractivity contribution < 1.29 is 9.63 Å². The van der Waals surface area contributed by atoms with Gasteiger partial charge >= 0.3 is 0 Å². The van der Waals surface area contributed by atoms with E-state index in [2.05, 4.69) is 12.5 Å². The number of amides is 1. The first-order valence-corrected chi connectivity index (χ1v) is 4.23. The maximum atomic E-state index is 11.2. The van der Waals surface area contributed by atoms with E-state index >= 15 is 0 Å². The van der Waals surface area contributed by atoms with Crippen LogP contribution in [0.3, 0.4) is 0 Å². The minimum Gasteiger partial charge on any atom is -0.271 e. The smallest absolute Gasteiger partial charge is 0.258 e. The Kier molecular flexibility index (Phi) is 6.66. The van der Waals surface area contributed by atoms with E-state index in [1.165, 1.54) is 5.06 Å². The highest BCUT2D eigenvalue weighted by Crippen LogP contribution is 1.96. The number of nitrogens with zero attached hydrogens (tertiary/aromatic N) is 1. The molecule has 0 aliphatic heterocycles. The average molecular weight is 181 g/mol. The minimum absolute atomic E-state index is 0.0670. The van der Waals surface area contributed by atoms with Crippen molar-refractivity contribution in [3.63, 3.8) is 0 Å². The van der Waals surface area contributed by atoms with Gasteiger partial charge < -0.3 is 0 Å². The minimum atomic E-state index is -0.198. The zero-order valence-electron chi connectivity index (χ0n) is 7.95. The summed E-state index contributed by atoms with van der Waals surface area (Å²) in [6.07, 6.45) is 7.54. The van der Waals surface area contributed by atoms with Gasteiger partial charge in [-0.1, -0.05) is 18.9 Å². The quantitative estimate of drug-likeness (QED) is 0.352. The van der Waals surface area contributed by atoms with Crippen LogP contribution in [0.2, 0.25) is 0 Å². The molecule has 0 rings (SSSR count). The van der Waals surface area contributed by atoms with Gasteiger partial charge in [0.05, 0.1) is 19.6 Å². The molecule has 0 atom stereocenters. The Morgan fingerprint density at radius 2 is 2.46 bits per heavy atom. The van der Waals surface area contributed by atoms with Crippen molar-refractivity contribution in [2.75, 3.05) is 13.2 Å². The summed E-state index contributed by atoms with van der Waals surface area (Å²) in [5.41, 5.74) is 0. The summed E-state index contributed by atoms with van der Waals surface area (Å²) >= 11 is 0. The molecule has 0 fully saturated rings. The first kappa shape index (κ1) is 11.7. The second-order valence-corrected chi connectivity index (χ2v) is 2.46. The lowest BCUT2D eigenvalue weighted by molar-refractivity contribution is -0.182. The van der Waals surface area contributed by atoms with Gasteiger partial charge in [0.25, 0.3) is 5.91 Å². The highest BCUT2D eigenvalue weighted by Gasteiger charge is 2.10. The van der Waals surface area contributed by atoms with Crippen LogP contribution in [0.25, 0.3) is 0 Å². The van der Waals surface area contributed by atoms with Gasteiger partial charge in [0.2, 0.25) is 0 Å². The molecule has 3 heteroatoms. The van der Waals surface area contributed by atoms with Gasteiger partial charge in [0, 0.05) is 0 Å². The lowest BCUT2D eigenvalue weighted by Gasteiger charge is -2.18. The second-order valence-electron chi connectivity index (χ2n) is 2.46. The summed E-state index contributed by atoms with van der Waals surface area (Å²) in [4.78, 5) is 16.4. The lowest BCUT2D eigenvalue weighted by Crippen LogP contribution is -2.31. The molecule has 0 bridgehead atoms. The van der Waals surface area contributed by atoms with Crippen molar-refractivity contribution >= 4 is 5.91 Å². The molecule has 0 aliphatic carbocycles. The monoisotopic (exact) mass is 181 g/mol. The zero-order chi connectivity index (χ0) is 10.1. The zero-order valence-corrected chi connectivity index (χ0v) is 7.95. The number of hydroxylamine groups is 2. The molecule has 72 valence electrons. The van der Waals surface area contributed by atoms with Gasteiger partial charge in [0.1, 0.15) is 0 Å². The summed E-state index contributed by atoms with van der Waals surface area (Å²) in [5.74, 6) is 2.08. The van der Waals surface area contributed by atoms with E-state index in [4.69, 9.17) is 11.3 Å². The van der Waals surface area contributed by atoms with Crippen molar-refractivity contribution in [2.24, 2.45) is 0 Å². The molecule has 0 aliphatic rings. The van der Waals surface area contributed by atoms with Gasteiger partial charge in [-0.2, -0.15) is 0 Å². The predicted octanol–water partition coefficient (Wildman–Crippen LogP) is 1.37. The Morgan fingerprint density at radius 3 is 2.92 bits per heavy atom. The third kappa shape index (κ3) is 5.05. The van der Waals surface area contributed by atoms with Crippen LogP contribution in [0, 0.1) is 12.3 Å². The standard InChI is InChI=1S/C10H15NO2/c1-4-7-10(12)11(8-5-2)13-9-6-3/h1,5H,2,6-9H2,3H3. The molecule has 1 amide bonds. The van der Waals surface area contributed by atoms with Crippen LogP contribution in [0.1, 0.15) is 19.8 Å². The van der Waals surface area contributed by atoms with Crippen LogP contribution in [0.4, 0.5) is 0 Å². The molecule has 0 aromatic carbocycles. The summed E-state index contributed by atoms with van der Waals surface area (Å²) in [6, 6.07) is 0. The Bertz CT molecular complexity index is 205. The molecule has 0 saturated heterocycles. The fourth-order valence-corrected chi connectivity index (χ4v) is 0.721. The Balaban J connectivity index is 3.99. The SMILES string of the molecule is C#CCC(=O)N(CC=C)OCCC. The van der Waals surface area contributed by atoms with Crippen molar-refractivity contribution in [2.45, 2.75) is 19.8 Å². The molecule has 13 heavy (non-hydrogen) atoms. The van der Waals surface area contributed by atoms with E-state index in [0.29, 0.717) is 13.2 Å². The maximum absolute atomic E-state index is 11.2. The lowest BCUT2D eigenvalue weighted by atomic mass is 10.4. The van der Waals surface area contributed by atoms with Crippen LogP contribution in [-0.2, 0) is 9.63 Å². The molecule has 0 aromatic rings. The number of terminal acetylenes is 1. The predicted molar refractivity (Wildman–Crippen MR) is 51.6 cm³/mol. The summed E-state index contributed by atoms with van der Waals surface area (Å²) in [6.45, 7) is 6.39. The molecular formula is C10H15NO2. The highest BCUT2D eigenvalue weighted by atomic mass is 16.7. The average Bonchev–Trinajstić information content (AvgIpc) is 2.12. The van der Waals surface area contributed by atoms with E-state index in [1.54, 1.807) is 6.08 Å². The topological polar surface area (TPSA) is 29.5 Å². The van der Waals surface area contributed by atoms with Crippen LogP contribution in [0.15, 0.2) is 12.7 Å². The van der Waals surface area contributed by atoms with Gasteiger partial charge in [-0.05, 0) is 6.42 Å². The molecule has 0 heterocycles. The van der Waals surface area contributed by atoms with E-state index in [1.807, 2.05) is 6.92 Å². The van der Waals surface area contributed by atoms with E-state index in [0.717, 1.165) is 6.42 Å². The van der Waals surface area contributed by atoms with Crippen molar-refractivity contribution in [3.8, 4) is 12.3 Å². The first-order valence-electron chi connectivity index (χ1n) is 4.23. The Hall–Kier alpha value is -1.27. The third-order valence-electron chi connectivity index (χ3n) is 1.28. The van der Waals surface area contributed by atoms with Gasteiger partial charge in [-0.15, -0.1) is 13.0 Å². The van der Waals surface area contributed by atoms with Gasteiger partial charge in [-0.25, -0.2) is 5.06 Å². The molecule has 0 radical (unpaired) electrons. The van der Waals surface area contributed by atoms with E-state index in [-0.39, 0.29) is 12.3 Å². The number of hydrogen-bond donors (Lipinski definition) is 0. The molecule has 0 aromatic heterocycles. The van der Waals surface area contributed by atoms with Crippen molar-refractivity contribution in [1.82, 2.24) is 5.06 Å². The number of carbonyl (C=O) groups is 1. The van der Waals surface area contributed by atoms with Crippen molar-refractivity contribution in [1.29, 1.82) is 0 Å². The summed E-state index contributed by atoms with van der Waals surface area (Å²) in [5, 5.41) is 1.25. The fraction of sp³-hybridized carbons (Fsp3) is 0.500. The van der Waals surface area contributed by atoms with Crippen LogP contribution in [-0.4, -0.2) is 24.1 Å². The van der Waals surface area contributed by atoms with Crippen LogP contribution >= 0.6 is 0 Å². The second kappa shape index (κ2) is 7.38. The van der Waals surface area contributed by atoms with Gasteiger partial charge in [-0.3, -0.25) is 9.63 Å². The first-order chi connectivity index (χ1) is 6.26. The van der Waals surface area contributed by atoms with E-state index < -0.39 is 0 Å². The molecule has 0 saturated carbocycles. The number of carbonyl (C=O) groups excluding carboxylic acids is 1.